The molecular weight excluding hydrogens is 532 g/mol. The first kappa shape index (κ1) is 30.1. The number of ether oxygens (including phenoxy) is 1. The Labute approximate surface area is 244 Å². The van der Waals surface area contributed by atoms with E-state index in [-0.39, 0.29) is 24.3 Å². The average molecular weight is 573 g/mol. The minimum atomic E-state index is -2.21. The van der Waals surface area contributed by atoms with Crippen LogP contribution in [0.25, 0.3) is 11.1 Å². The summed E-state index contributed by atoms with van der Waals surface area (Å²) in [5.74, 6) is -1.14. The van der Waals surface area contributed by atoms with Crippen LogP contribution in [0.1, 0.15) is 36.5 Å². The van der Waals surface area contributed by atoms with Crippen LogP contribution in [0.4, 0.5) is 4.79 Å². The van der Waals surface area contributed by atoms with Crippen molar-refractivity contribution in [2.24, 2.45) is 5.92 Å². The first-order chi connectivity index (χ1) is 19.5. The summed E-state index contributed by atoms with van der Waals surface area (Å²) < 4.78 is 11.5. The average Bonchev–Trinajstić information content (AvgIpc) is 3.26. The number of nitrogens with zero attached hydrogens (tertiary/aromatic N) is 1. The van der Waals surface area contributed by atoms with Gasteiger partial charge in [0, 0.05) is 19.4 Å². The highest BCUT2D eigenvalue weighted by Gasteiger charge is 2.37. The van der Waals surface area contributed by atoms with E-state index < -0.39 is 32.5 Å². The van der Waals surface area contributed by atoms with Crippen LogP contribution >= 0.6 is 0 Å². The highest BCUT2D eigenvalue weighted by Crippen LogP contribution is 2.44. The molecule has 1 aliphatic rings. The molecule has 1 aliphatic carbocycles. The zero-order chi connectivity index (χ0) is 29.7. The first-order valence-corrected chi connectivity index (χ1v) is 17.5. The summed E-state index contributed by atoms with van der Waals surface area (Å²) in [5.41, 5.74) is 5.42. The Bertz CT molecular complexity index is 1340. The van der Waals surface area contributed by atoms with Crippen molar-refractivity contribution in [3.05, 3.63) is 95.6 Å². The molecule has 41 heavy (non-hydrogen) atoms. The predicted octanol–water partition coefficient (Wildman–Crippen LogP) is 6.00. The molecule has 2 amide bonds. The number of benzene rings is 3. The lowest BCUT2D eigenvalue weighted by molar-refractivity contribution is -0.148. The second-order valence-corrected chi connectivity index (χ2v) is 16.3. The summed E-state index contributed by atoms with van der Waals surface area (Å²) in [7, 11) is -0.614. The summed E-state index contributed by atoms with van der Waals surface area (Å²) in [6, 6.07) is 24.1. The Balaban J connectivity index is 1.47. The molecule has 0 aromatic heterocycles. The molecule has 2 atom stereocenters. The number of alkyl carbamates (subject to hydrolysis) is 1. The molecule has 3 aromatic carbocycles. The Morgan fingerprint density at radius 3 is 1.93 bits per heavy atom. The molecule has 0 spiro atoms. The van der Waals surface area contributed by atoms with Gasteiger partial charge in [-0.3, -0.25) is 9.59 Å². The molecule has 0 saturated heterocycles. The van der Waals surface area contributed by atoms with Crippen LogP contribution in [0.2, 0.25) is 19.6 Å². The van der Waals surface area contributed by atoms with Gasteiger partial charge in [0.25, 0.3) is 0 Å². The van der Waals surface area contributed by atoms with Gasteiger partial charge in [0.1, 0.15) is 18.7 Å². The monoisotopic (exact) mass is 572 g/mol. The second-order valence-electron chi connectivity index (χ2n) is 11.9. The van der Waals surface area contributed by atoms with Crippen molar-refractivity contribution < 1.29 is 23.5 Å². The predicted molar refractivity (Wildman–Crippen MR) is 163 cm³/mol. The normalized spacial score (nSPS) is 14.0. The number of fused-ring (bicyclic) bond motifs is 3. The van der Waals surface area contributed by atoms with Gasteiger partial charge in [0.2, 0.25) is 14.2 Å². The van der Waals surface area contributed by atoms with Crippen LogP contribution in [0.3, 0.4) is 0 Å². The van der Waals surface area contributed by atoms with E-state index in [4.69, 9.17) is 9.16 Å². The van der Waals surface area contributed by atoms with E-state index in [1.807, 2.05) is 88.1 Å². The molecule has 0 heterocycles. The van der Waals surface area contributed by atoms with Crippen molar-refractivity contribution in [2.75, 3.05) is 13.7 Å². The molecule has 0 unspecified atom stereocenters. The lowest BCUT2D eigenvalue weighted by Crippen LogP contribution is -2.55. The topological polar surface area (TPSA) is 84.9 Å². The van der Waals surface area contributed by atoms with Gasteiger partial charge in [-0.25, -0.2) is 4.79 Å². The van der Waals surface area contributed by atoms with E-state index >= 15 is 0 Å². The fraction of sp³-hybridized carbons (Fsp3) is 0.364. The van der Waals surface area contributed by atoms with Crippen LogP contribution in [0.15, 0.2) is 78.9 Å². The second kappa shape index (κ2) is 12.7. The maximum Gasteiger partial charge on any atom is 0.407 e. The van der Waals surface area contributed by atoms with E-state index in [2.05, 4.69) is 29.6 Å². The third-order valence-corrected chi connectivity index (χ3v) is 8.13. The molecule has 0 bridgehead atoms. The Morgan fingerprint density at radius 2 is 1.39 bits per heavy atom. The van der Waals surface area contributed by atoms with Gasteiger partial charge >= 0.3 is 12.1 Å². The van der Waals surface area contributed by atoms with Crippen molar-refractivity contribution in [2.45, 2.75) is 57.9 Å². The van der Waals surface area contributed by atoms with Crippen LogP contribution in [-0.4, -0.2) is 56.9 Å². The Kier molecular flexibility index (Phi) is 9.33. The van der Waals surface area contributed by atoms with Crippen molar-refractivity contribution in [1.82, 2.24) is 10.2 Å². The minimum absolute atomic E-state index is 0.0874. The van der Waals surface area contributed by atoms with Gasteiger partial charge in [-0.15, -0.1) is 0 Å². The SMILES string of the molecule is CC(C)[C@H](NC(=O)OCC1c2ccccc2-c2ccccc21)C(=O)N(C)[C@@H](Cc1ccccc1)C(=O)O[Si](C)(C)C. The van der Waals surface area contributed by atoms with E-state index in [0.29, 0.717) is 6.42 Å². The van der Waals surface area contributed by atoms with Crippen molar-refractivity contribution >= 4 is 26.3 Å². The van der Waals surface area contributed by atoms with E-state index in [1.165, 1.54) is 4.90 Å². The maximum absolute atomic E-state index is 13.8. The summed E-state index contributed by atoms with van der Waals surface area (Å²) in [4.78, 5) is 41.5. The molecular formula is C33H40N2O5Si. The zero-order valence-electron chi connectivity index (χ0n) is 24.7. The van der Waals surface area contributed by atoms with E-state index in [1.54, 1.807) is 7.05 Å². The standard InChI is InChI=1S/C33H40N2O5Si/c1-22(2)30(31(36)35(3)29(32(37)40-41(4,5)6)20-23-14-8-7-9-15-23)34-33(38)39-21-28-26-18-12-10-16-24(26)25-17-11-13-19-27(25)28/h7-19,22,28-30H,20-21H2,1-6H3,(H,34,38)/t29-,30-/m0/s1. The highest BCUT2D eigenvalue weighted by molar-refractivity contribution is 6.71. The number of likely N-dealkylation sites (N-methyl/N-ethyl adjacent to an activating group) is 1. The summed E-state index contributed by atoms with van der Waals surface area (Å²) in [6.45, 7) is 9.65. The van der Waals surface area contributed by atoms with E-state index in [9.17, 15) is 14.4 Å². The summed E-state index contributed by atoms with van der Waals surface area (Å²) >= 11 is 0. The molecule has 4 rings (SSSR count). The molecule has 8 heteroatoms. The summed E-state index contributed by atoms with van der Waals surface area (Å²) in [6.07, 6.45) is -0.362. The third kappa shape index (κ3) is 7.24. The van der Waals surface area contributed by atoms with Crippen molar-refractivity contribution in [3.8, 4) is 11.1 Å². The van der Waals surface area contributed by atoms with E-state index in [0.717, 1.165) is 27.8 Å². The molecule has 0 aliphatic heterocycles. The van der Waals surface area contributed by atoms with Crippen molar-refractivity contribution in [3.63, 3.8) is 0 Å². The number of amides is 2. The zero-order valence-corrected chi connectivity index (χ0v) is 25.7. The molecule has 1 N–H and O–H groups in total. The quantitative estimate of drug-likeness (QED) is 0.301. The van der Waals surface area contributed by atoms with Gasteiger partial charge < -0.3 is 19.4 Å². The molecule has 216 valence electrons. The van der Waals surface area contributed by atoms with Crippen LogP contribution in [0.5, 0.6) is 0 Å². The fourth-order valence-electron chi connectivity index (χ4n) is 5.24. The van der Waals surface area contributed by atoms with Crippen molar-refractivity contribution in [1.29, 1.82) is 0 Å². The summed E-state index contributed by atoms with van der Waals surface area (Å²) in [5, 5.41) is 2.78. The Hall–Kier alpha value is -3.91. The smallest absolute Gasteiger partial charge is 0.407 e. The largest absolute Gasteiger partial charge is 0.518 e. The maximum atomic E-state index is 13.8. The number of hydrogen-bond donors (Lipinski definition) is 1. The van der Waals surface area contributed by atoms with Crippen LogP contribution in [-0.2, 0) is 25.2 Å². The van der Waals surface area contributed by atoms with Crippen LogP contribution < -0.4 is 5.32 Å². The van der Waals surface area contributed by atoms with Crippen LogP contribution in [0, 0.1) is 5.92 Å². The molecule has 0 fully saturated rings. The Morgan fingerprint density at radius 1 is 0.854 bits per heavy atom. The molecule has 0 radical (unpaired) electrons. The lowest BCUT2D eigenvalue weighted by Gasteiger charge is -2.33. The number of hydrogen-bond acceptors (Lipinski definition) is 5. The lowest BCUT2D eigenvalue weighted by atomic mass is 9.98. The highest BCUT2D eigenvalue weighted by atomic mass is 28.4. The van der Waals surface area contributed by atoms with Gasteiger partial charge in [-0.1, -0.05) is 92.7 Å². The number of nitrogens with one attached hydrogen (secondary N) is 1. The first-order valence-electron chi connectivity index (χ1n) is 14.1. The fourth-order valence-corrected chi connectivity index (χ4v) is 5.98. The molecule has 3 aromatic rings. The van der Waals surface area contributed by atoms with Gasteiger partial charge in [0.05, 0.1) is 0 Å². The third-order valence-electron chi connectivity index (χ3n) is 7.32. The molecule has 7 nitrogen and oxygen atoms in total. The number of rotatable bonds is 10. The number of carbonyl (C=O) groups is 3. The minimum Gasteiger partial charge on any atom is -0.518 e. The van der Waals surface area contributed by atoms with Gasteiger partial charge in [-0.2, -0.15) is 0 Å². The van der Waals surface area contributed by atoms with Gasteiger partial charge in [-0.05, 0) is 53.4 Å². The van der Waals surface area contributed by atoms with Gasteiger partial charge in [0.15, 0.2) is 0 Å². The number of carbonyl (C=O) groups excluding carboxylic acids is 3. The molecule has 0 saturated carbocycles.